The van der Waals surface area contributed by atoms with Crippen molar-refractivity contribution in [1.82, 2.24) is 0 Å². The Bertz CT molecular complexity index is 941. The highest BCUT2D eigenvalue weighted by Gasteiger charge is 2.26. The van der Waals surface area contributed by atoms with Crippen LogP contribution in [0.4, 0.5) is 0 Å². The number of carbonyl (C=O) groups excluding carboxylic acids is 1. The number of carbonyl (C=O) groups is 1. The molecule has 6 heteroatoms. The third-order valence-corrected chi connectivity index (χ3v) is 7.44. The third kappa shape index (κ3) is 13.0. The molecule has 0 N–H and O–H groups in total. The average molecular weight is 550 g/mol. The van der Waals surface area contributed by atoms with E-state index in [1.807, 2.05) is 37.3 Å². The smallest absolute Gasteiger partial charge is 0.204 e. The molecule has 0 aliphatic carbocycles. The summed E-state index contributed by atoms with van der Waals surface area (Å²) in [5.41, 5.74) is -0.906. The fourth-order valence-corrected chi connectivity index (χ4v) is 4.42. The minimum absolute atomic E-state index is 0.162. The highest BCUT2D eigenvalue weighted by atomic mass is 79.9. The number of hydrogen-bond acceptors (Lipinski definition) is 4. The molecule has 4 nitrogen and oxygen atoms in total. The summed E-state index contributed by atoms with van der Waals surface area (Å²) in [7, 11) is -3.53. The van der Waals surface area contributed by atoms with Crippen LogP contribution in [0, 0.1) is 0 Å². The summed E-state index contributed by atoms with van der Waals surface area (Å²) in [4.78, 5) is 10.5. The van der Waals surface area contributed by atoms with Crippen molar-refractivity contribution in [3.05, 3.63) is 89.5 Å². The van der Waals surface area contributed by atoms with Crippen LogP contribution in [0.25, 0.3) is 0 Å². The Morgan fingerprint density at radius 3 is 2.15 bits per heavy atom. The van der Waals surface area contributed by atoms with Crippen LogP contribution in [0.5, 0.6) is 0 Å². The van der Waals surface area contributed by atoms with Gasteiger partial charge in [0.05, 0.1) is 11.0 Å². The van der Waals surface area contributed by atoms with Crippen molar-refractivity contribution in [2.24, 2.45) is 0 Å². The van der Waals surface area contributed by atoms with Gasteiger partial charge in [-0.25, -0.2) is 8.42 Å². The lowest BCUT2D eigenvalue weighted by molar-refractivity contribution is -0.107. The number of sulfone groups is 1. The van der Waals surface area contributed by atoms with Crippen LogP contribution in [0.1, 0.15) is 58.8 Å². The first-order valence-electron chi connectivity index (χ1n) is 11.8. The van der Waals surface area contributed by atoms with Gasteiger partial charge in [-0.15, -0.1) is 0 Å². The van der Waals surface area contributed by atoms with Crippen molar-refractivity contribution in [1.29, 1.82) is 0 Å². The Hall–Kier alpha value is -2.02. The highest BCUT2D eigenvalue weighted by Crippen LogP contribution is 2.21. The Kier molecular flexibility index (Phi) is 16.2. The van der Waals surface area contributed by atoms with Gasteiger partial charge in [0.1, 0.15) is 6.29 Å². The Morgan fingerprint density at radius 2 is 1.50 bits per heavy atom. The SMILES string of the molecule is CC[C@H](C/C=C/C=C/C=C\C/C=C\C/C=C\CCCC=O)OC(C)S(=O)(=O)c1ccc(Br)cc1. The number of benzene rings is 1. The molecule has 1 aromatic rings. The summed E-state index contributed by atoms with van der Waals surface area (Å²) in [6, 6.07) is 6.61. The number of allylic oxidation sites excluding steroid dienone is 9. The summed E-state index contributed by atoms with van der Waals surface area (Å²) in [5.74, 6) is 0. The number of unbranched alkanes of at least 4 members (excludes halogenated alkanes) is 2. The first-order chi connectivity index (χ1) is 16.4. The second-order valence-electron chi connectivity index (χ2n) is 7.72. The largest absolute Gasteiger partial charge is 0.359 e. The van der Waals surface area contributed by atoms with Gasteiger partial charge in [0.15, 0.2) is 5.44 Å². The molecule has 1 aromatic carbocycles. The number of halogens is 1. The van der Waals surface area contributed by atoms with E-state index < -0.39 is 15.3 Å². The summed E-state index contributed by atoms with van der Waals surface area (Å²) < 4.78 is 32.1. The van der Waals surface area contributed by atoms with Gasteiger partial charge in [0.25, 0.3) is 0 Å². The lowest BCUT2D eigenvalue weighted by atomic mass is 10.2. The van der Waals surface area contributed by atoms with Gasteiger partial charge in [-0.1, -0.05) is 83.6 Å². The van der Waals surface area contributed by atoms with Crippen LogP contribution < -0.4 is 0 Å². The molecule has 0 bridgehead atoms. The Labute approximate surface area is 214 Å². The van der Waals surface area contributed by atoms with E-state index in [4.69, 9.17) is 4.74 Å². The van der Waals surface area contributed by atoms with E-state index in [1.54, 1.807) is 31.2 Å². The zero-order valence-corrected chi connectivity index (χ0v) is 22.6. The molecule has 1 rings (SSSR count). The van der Waals surface area contributed by atoms with Gasteiger partial charge in [0, 0.05) is 10.9 Å². The molecular formula is C28H37BrO4S. The number of rotatable bonds is 17. The van der Waals surface area contributed by atoms with Gasteiger partial charge in [-0.3, -0.25) is 0 Å². The van der Waals surface area contributed by atoms with E-state index in [1.165, 1.54) is 0 Å². The molecule has 0 saturated heterocycles. The maximum absolute atomic E-state index is 12.7. The molecule has 34 heavy (non-hydrogen) atoms. The van der Waals surface area contributed by atoms with Crippen molar-refractivity contribution in [2.45, 2.75) is 75.2 Å². The van der Waals surface area contributed by atoms with Crippen molar-refractivity contribution in [3.8, 4) is 0 Å². The normalized spacial score (nSPS) is 14.8. The predicted octanol–water partition coefficient (Wildman–Crippen LogP) is 7.68. The Balaban J connectivity index is 2.33. The lowest BCUT2D eigenvalue weighted by Gasteiger charge is -2.20. The summed E-state index contributed by atoms with van der Waals surface area (Å²) in [6.07, 6.45) is 27.0. The molecule has 0 saturated carbocycles. The molecule has 0 aliphatic heterocycles. The van der Waals surface area contributed by atoms with Crippen LogP contribution in [-0.2, 0) is 19.4 Å². The van der Waals surface area contributed by atoms with Crippen molar-refractivity contribution < 1.29 is 17.9 Å². The van der Waals surface area contributed by atoms with E-state index >= 15 is 0 Å². The molecule has 0 amide bonds. The maximum Gasteiger partial charge on any atom is 0.204 e. The first-order valence-corrected chi connectivity index (χ1v) is 14.1. The molecule has 0 radical (unpaired) electrons. The van der Waals surface area contributed by atoms with Crippen molar-refractivity contribution >= 4 is 32.1 Å². The van der Waals surface area contributed by atoms with E-state index in [0.717, 1.165) is 42.9 Å². The molecule has 0 aromatic heterocycles. The van der Waals surface area contributed by atoms with E-state index in [0.29, 0.717) is 12.8 Å². The zero-order valence-electron chi connectivity index (χ0n) is 20.2. The highest BCUT2D eigenvalue weighted by molar-refractivity contribution is 9.10. The molecule has 186 valence electrons. The number of aldehydes is 1. The minimum atomic E-state index is -3.53. The summed E-state index contributed by atoms with van der Waals surface area (Å²) in [6.45, 7) is 3.59. The fourth-order valence-electron chi connectivity index (χ4n) is 2.96. The maximum atomic E-state index is 12.7. The lowest BCUT2D eigenvalue weighted by Crippen LogP contribution is -2.26. The predicted molar refractivity (Wildman–Crippen MR) is 145 cm³/mol. The number of ether oxygens (including phenoxy) is 1. The topological polar surface area (TPSA) is 60.4 Å². The quantitative estimate of drug-likeness (QED) is 0.0865. The van der Waals surface area contributed by atoms with Gasteiger partial charge in [0.2, 0.25) is 9.84 Å². The Morgan fingerprint density at radius 1 is 0.882 bits per heavy atom. The average Bonchev–Trinajstić information content (AvgIpc) is 2.83. The van der Waals surface area contributed by atoms with Crippen LogP contribution in [-0.4, -0.2) is 26.2 Å². The molecule has 0 aliphatic rings. The van der Waals surface area contributed by atoms with Crippen LogP contribution in [0.2, 0.25) is 0 Å². The fraction of sp³-hybridized carbons (Fsp3) is 0.393. The molecule has 2 atom stereocenters. The van der Waals surface area contributed by atoms with Crippen LogP contribution in [0.3, 0.4) is 0 Å². The van der Waals surface area contributed by atoms with Crippen LogP contribution in [0.15, 0.2) is 94.4 Å². The van der Waals surface area contributed by atoms with E-state index in [-0.39, 0.29) is 11.0 Å². The monoisotopic (exact) mass is 548 g/mol. The molecule has 0 heterocycles. The van der Waals surface area contributed by atoms with Gasteiger partial charge < -0.3 is 9.53 Å². The molecule has 0 spiro atoms. The first kappa shape index (κ1) is 30.0. The minimum Gasteiger partial charge on any atom is -0.359 e. The third-order valence-electron chi connectivity index (χ3n) is 4.99. The van der Waals surface area contributed by atoms with E-state index in [9.17, 15) is 13.2 Å². The van der Waals surface area contributed by atoms with Gasteiger partial charge >= 0.3 is 0 Å². The standard InChI is InChI=1S/C28H37BrO4S/c1-3-27(33-25(2)34(31,32)28-22-20-26(29)21-23-28)19-17-15-13-11-9-7-5-4-6-8-10-12-14-16-18-24-30/h4,6-7,9-13,15,17,20-25,27H,3,5,8,14,16,18-19H2,1-2H3/b6-4-,9-7-,12-10-,13-11+,17-15+/t25?,27-/m1/s1. The second-order valence-corrected chi connectivity index (χ2v) is 10.9. The summed E-state index contributed by atoms with van der Waals surface area (Å²) >= 11 is 3.32. The van der Waals surface area contributed by atoms with Crippen LogP contribution >= 0.6 is 15.9 Å². The molecule has 1 unspecified atom stereocenters. The van der Waals surface area contributed by atoms with Gasteiger partial charge in [-0.05, 0) is 69.7 Å². The van der Waals surface area contributed by atoms with Crippen molar-refractivity contribution in [3.63, 3.8) is 0 Å². The second kappa shape index (κ2) is 18.3. The zero-order chi connectivity index (χ0) is 25.1. The van der Waals surface area contributed by atoms with Gasteiger partial charge in [-0.2, -0.15) is 0 Å². The number of hydrogen-bond donors (Lipinski definition) is 0. The van der Waals surface area contributed by atoms with E-state index in [2.05, 4.69) is 46.3 Å². The molecule has 0 fully saturated rings. The van der Waals surface area contributed by atoms with Crippen molar-refractivity contribution in [2.75, 3.05) is 0 Å². The molecular weight excluding hydrogens is 512 g/mol. The summed E-state index contributed by atoms with van der Waals surface area (Å²) in [5, 5.41) is 0.